The van der Waals surface area contributed by atoms with Crippen LogP contribution in [0, 0.1) is 23.7 Å². The van der Waals surface area contributed by atoms with Gasteiger partial charge in [-0.05, 0) is 103 Å². The number of methoxy groups -OCH3 is 1. The topological polar surface area (TPSA) is 136 Å². The summed E-state index contributed by atoms with van der Waals surface area (Å²) in [5.41, 5.74) is -0.503. The molecule has 0 spiro atoms. The molecule has 0 aromatic carbocycles. The first-order chi connectivity index (χ1) is 20.2. The molecular weight excluding hydrogens is 624 g/mol. The zero-order chi connectivity index (χ0) is 29.8. The molecule has 0 radical (unpaired) electrons. The van der Waals surface area contributed by atoms with Crippen molar-refractivity contribution in [2.45, 2.75) is 63.6 Å². The summed E-state index contributed by atoms with van der Waals surface area (Å²) in [6.07, 6.45) is 10.9. The first-order valence-electron chi connectivity index (χ1n) is 14.3. The van der Waals surface area contributed by atoms with Crippen LogP contribution in [0.2, 0.25) is 0 Å². The van der Waals surface area contributed by atoms with Crippen molar-refractivity contribution < 1.29 is 23.9 Å². The Hall–Kier alpha value is -3.25. The number of hydrogen-bond donors (Lipinski definition) is 3. The summed E-state index contributed by atoms with van der Waals surface area (Å²) in [5.74, 6) is 0.896. The molecule has 12 heteroatoms. The lowest BCUT2D eigenvalue weighted by Gasteiger charge is -2.54. The molecular formula is C30H35BrN4O6S. The van der Waals surface area contributed by atoms with E-state index < -0.39 is 29.4 Å². The van der Waals surface area contributed by atoms with Gasteiger partial charge in [0.25, 0.3) is 11.5 Å². The third-order valence-electron chi connectivity index (χ3n) is 8.64. The second kappa shape index (κ2) is 13.4. The minimum absolute atomic E-state index is 0.00754. The standard InChI is InChI=1S/C30H35BrN4O6S/c1-41-26(37)7-3-2-5-22(32-29(39)24-14-21(31)16-42-24)28(38)33-23-6-4-8-35(30(23)40)15-25(36)34-27-19-10-17-9-18(12-19)13-20(27)11-17/h3-4,6-8,14,16-20,22,27H,2,5,9-13,15H2,1H3,(H,32,39)(H,33,38)(H,34,36)/b7-3+. The van der Waals surface area contributed by atoms with Crippen LogP contribution in [-0.2, 0) is 25.7 Å². The summed E-state index contributed by atoms with van der Waals surface area (Å²) in [6.45, 7) is -0.142. The first kappa shape index (κ1) is 30.2. The molecule has 0 saturated heterocycles. The highest BCUT2D eigenvalue weighted by molar-refractivity contribution is 9.10. The summed E-state index contributed by atoms with van der Waals surface area (Å²) in [5, 5.41) is 10.3. The Kier molecular flexibility index (Phi) is 9.62. The largest absolute Gasteiger partial charge is 0.466 e. The van der Waals surface area contributed by atoms with E-state index >= 15 is 0 Å². The molecule has 4 aliphatic carbocycles. The molecule has 2 aromatic rings. The number of pyridine rings is 1. The van der Waals surface area contributed by atoms with Gasteiger partial charge in [-0.3, -0.25) is 19.2 Å². The third kappa shape index (κ3) is 7.20. The summed E-state index contributed by atoms with van der Waals surface area (Å²) in [4.78, 5) is 64.2. The molecule has 3 N–H and O–H groups in total. The van der Waals surface area contributed by atoms with Crippen LogP contribution in [0.1, 0.15) is 54.6 Å². The lowest BCUT2D eigenvalue weighted by molar-refractivity contribution is -0.134. The summed E-state index contributed by atoms with van der Waals surface area (Å²) in [7, 11) is 1.27. The van der Waals surface area contributed by atoms with E-state index in [0.29, 0.717) is 23.1 Å². The molecule has 1 unspecified atom stereocenters. The number of nitrogens with zero attached hydrogens (tertiary/aromatic N) is 1. The number of ether oxygens (including phenoxy) is 1. The average Bonchev–Trinajstić information content (AvgIpc) is 3.40. The average molecular weight is 660 g/mol. The van der Waals surface area contributed by atoms with Gasteiger partial charge < -0.3 is 25.3 Å². The van der Waals surface area contributed by atoms with E-state index in [2.05, 4.69) is 36.6 Å². The molecule has 4 aliphatic rings. The number of esters is 1. The van der Waals surface area contributed by atoms with E-state index in [9.17, 15) is 24.0 Å². The fraction of sp³-hybridized carbons (Fsp3) is 0.500. The summed E-state index contributed by atoms with van der Waals surface area (Å²) >= 11 is 4.54. The Labute approximate surface area is 256 Å². The van der Waals surface area contributed by atoms with Crippen LogP contribution in [0.15, 0.2) is 51.2 Å². The number of nitrogens with one attached hydrogen (secondary N) is 3. The van der Waals surface area contributed by atoms with E-state index in [-0.39, 0.29) is 30.6 Å². The van der Waals surface area contributed by atoms with E-state index in [0.717, 1.165) is 16.3 Å². The van der Waals surface area contributed by atoms with Crippen LogP contribution in [0.5, 0.6) is 0 Å². The molecule has 2 aromatic heterocycles. The van der Waals surface area contributed by atoms with Gasteiger partial charge in [-0.1, -0.05) is 6.08 Å². The van der Waals surface area contributed by atoms with Crippen molar-refractivity contribution in [3.8, 4) is 0 Å². The van der Waals surface area contributed by atoms with Crippen molar-refractivity contribution in [2.75, 3.05) is 12.4 Å². The van der Waals surface area contributed by atoms with Crippen molar-refractivity contribution >= 4 is 56.6 Å². The van der Waals surface area contributed by atoms with E-state index in [1.165, 1.54) is 73.5 Å². The van der Waals surface area contributed by atoms with Gasteiger partial charge in [-0.2, -0.15) is 0 Å². The summed E-state index contributed by atoms with van der Waals surface area (Å²) in [6, 6.07) is 3.90. The number of allylic oxidation sites excluding steroid dienone is 1. The summed E-state index contributed by atoms with van der Waals surface area (Å²) < 4.78 is 6.62. The molecule has 2 heterocycles. The molecule has 3 amide bonds. The highest BCUT2D eigenvalue weighted by Gasteiger charge is 2.48. The maximum Gasteiger partial charge on any atom is 0.330 e. The van der Waals surface area contributed by atoms with Crippen molar-refractivity contribution in [2.24, 2.45) is 23.7 Å². The molecule has 1 atom stereocenters. The van der Waals surface area contributed by atoms with Crippen molar-refractivity contribution in [3.63, 3.8) is 0 Å². The third-order valence-corrected chi connectivity index (χ3v) is 10.3. The first-order valence-corrected chi connectivity index (χ1v) is 16.0. The van der Waals surface area contributed by atoms with Crippen LogP contribution in [0.4, 0.5) is 5.69 Å². The number of thiophene rings is 1. The zero-order valence-corrected chi connectivity index (χ0v) is 25.7. The SMILES string of the molecule is COC(=O)/C=C/CCC(NC(=O)c1cc(Br)cs1)C(=O)Nc1cccn(CC(=O)NC2C3CC4CC(C3)CC2C4)c1=O. The van der Waals surface area contributed by atoms with E-state index in [4.69, 9.17) is 0 Å². The maximum atomic E-state index is 13.3. The van der Waals surface area contributed by atoms with Crippen LogP contribution in [-0.4, -0.2) is 47.5 Å². The fourth-order valence-corrected chi connectivity index (χ4v) is 8.29. The van der Waals surface area contributed by atoms with Gasteiger partial charge >= 0.3 is 5.97 Å². The number of carbonyl (C=O) groups excluding carboxylic acids is 4. The molecule has 4 fully saturated rings. The Morgan fingerprint density at radius 3 is 2.50 bits per heavy atom. The monoisotopic (exact) mass is 658 g/mol. The maximum absolute atomic E-state index is 13.3. The van der Waals surface area contributed by atoms with Gasteiger partial charge in [-0.25, -0.2) is 4.79 Å². The number of rotatable bonds is 11. The van der Waals surface area contributed by atoms with Gasteiger partial charge in [0, 0.05) is 28.2 Å². The molecule has 0 aliphatic heterocycles. The minimum Gasteiger partial charge on any atom is -0.466 e. The predicted octanol–water partition coefficient (Wildman–Crippen LogP) is 3.86. The molecule has 42 heavy (non-hydrogen) atoms. The van der Waals surface area contributed by atoms with Crippen molar-refractivity contribution in [3.05, 3.63) is 61.6 Å². The second-order valence-electron chi connectivity index (χ2n) is 11.5. The van der Waals surface area contributed by atoms with E-state index in [1.54, 1.807) is 23.6 Å². The second-order valence-corrected chi connectivity index (χ2v) is 13.4. The van der Waals surface area contributed by atoms with Crippen LogP contribution in [0.3, 0.4) is 0 Å². The Morgan fingerprint density at radius 2 is 1.86 bits per heavy atom. The number of aromatic nitrogens is 1. The van der Waals surface area contributed by atoms with Gasteiger partial charge in [0.1, 0.15) is 18.3 Å². The molecule has 4 saturated carbocycles. The van der Waals surface area contributed by atoms with Gasteiger partial charge in [0.15, 0.2) is 0 Å². The predicted molar refractivity (Wildman–Crippen MR) is 162 cm³/mol. The lowest BCUT2D eigenvalue weighted by Crippen LogP contribution is -2.56. The highest BCUT2D eigenvalue weighted by atomic mass is 79.9. The number of amides is 3. The normalized spacial score (nSPS) is 24.8. The van der Waals surface area contributed by atoms with Gasteiger partial charge in [-0.15, -0.1) is 11.3 Å². The fourth-order valence-electron chi connectivity index (χ4n) is 6.96. The molecule has 6 rings (SSSR count). The van der Waals surface area contributed by atoms with Crippen molar-refractivity contribution in [1.29, 1.82) is 0 Å². The molecule has 224 valence electrons. The smallest absolute Gasteiger partial charge is 0.330 e. The highest BCUT2D eigenvalue weighted by Crippen LogP contribution is 2.53. The van der Waals surface area contributed by atoms with Crippen LogP contribution >= 0.6 is 27.3 Å². The van der Waals surface area contributed by atoms with Gasteiger partial charge in [0.05, 0.1) is 12.0 Å². The number of anilines is 1. The lowest BCUT2D eigenvalue weighted by atomic mass is 9.54. The van der Waals surface area contributed by atoms with Crippen LogP contribution in [0.25, 0.3) is 0 Å². The molecule has 4 bridgehead atoms. The van der Waals surface area contributed by atoms with Crippen LogP contribution < -0.4 is 21.5 Å². The molecule has 10 nitrogen and oxygen atoms in total. The Balaban J connectivity index is 1.23. The number of hydrogen-bond acceptors (Lipinski definition) is 7. The van der Waals surface area contributed by atoms with Crippen molar-refractivity contribution in [1.82, 2.24) is 15.2 Å². The van der Waals surface area contributed by atoms with E-state index in [1.807, 2.05) is 0 Å². The van der Waals surface area contributed by atoms with Gasteiger partial charge in [0.2, 0.25) is 11.8 Å². The number of carbonyl (C=O) groups is 4. The zero-order valence-electron chi connectivity index (χ0n) is 23.3. The minimum atomic E-state index is -0.992. The number of halogens is 1. The quantitative estimate of drug-likeness (QED) is 0.248. The Bertz CT molecular complexity index is 1410. The Morgan fingerprint density at radius 1 is 1.14 bits per heavy atom.